The smallest absolute Gasteiger partial charge is 0.218 e. The summed E-state index contributed by atoms with van der Waals surface area (Å²) in [7, 11) is 0. The lowest BCUT2D eigenvalue weighted by Crippen LogP contribution is -2.17. The first kappa shape index (κ1) is 13.1. The average Bonchev–Trinajstić information content (AvgIpc) is 3.07. The van der Waals surface area contributed by atoms with Crippen LogP contribution in [0.1, 0.15) is 33.1 Å². The van der Waals surface area contributed by atoms with Gasteiger partial charge in [0.25, 0.3) is 0 Å². The topological polar surface area (TPSA) is 67.3 Å². The molecule has 2 rings (SSSR count). The van der Waals surface area contributed by atoms with Gasteiger partial charge in [0, 0.05) is 19.2 Å². The third-order valence-electron chi connectivity index (χ3n) is 3.24. The number of nitrogens with one attached hydrogen (secondary N) is 1. The zero-order valence-corrected chi connectivity index (χ0v) is 11.0. The highest BCUT2D eigenvalue weighted by atomic mass is 16.5. The monoisotopic (exact) mass is 251 g/mol. The molecule has 0 spiro atoms. The molecular weight excluding hydrogens is 230 g/mol. The molecule has 1 saturated carbocycles. The van der Waals surface area contributed by atoms with Crippen LogP contribution in [-0.4, -0.2) is 34.3 Å². The normalized spacial score (nSPS) is 16.7. The van der Waals surface area contributed by atoms with Gasteiger partial charge in [-0.1, -0.05) is 0 Å². The summed E-state index contributed by atoms with van der Waals surface area (Å²) >= 11 is 0. The van der Waals surface area contributed by atoms with E-state index in [1.165, 1.54) is 19.2 Å². The maximum Gasteiger partial charge on any atom is 0.218 e. The number of ether oxygens (including phenoxy) is 1. The van der Waals surface area contributed by atoms with E-state index in [2.05, 4.69) is 15.3 Å². The molecule has 1 aromatic heterocycles. The lowest BCUT2D eigenvalue weighted by molar-refractivity contribution is 0.232. The molecule has 5 nitrogen and oxygen atoms in total. The van der Waals surface area contributed by atoms with Crippen LogP contribution in [0.3, 0.4) is 0 Å². The van der Waals surface area contributed by atoms with Gasteiger partial charge < -0.3 is 15.2 Å². The number of aliphatic hydroxyl groups excluding tert-OH is 1. The van der Waals surface area contributed by atoms with Crippen molar-refractivity contribution in [3.05, 3.63) is 12.4 Å². The molecule has 0 radical (unpaired) electrons. The van der Waals surface area contributed by atoms with Crippen molar-refractivity contribution in [2.24, 2.45) is 5.41 Å². The Morgan fingerprint density at radius 2 is 2.22 bits per heavy atom. The first-order valence-corrected chi connectivity index (χ1v) is 6.47. The van der Waals surface area contributed by atoms with Gasteiger partial charge in [-0.3, -0.25) is 0 Å². The molecule has 1 aliphatic carbocycles. The summed E-state index contributed by atoms with van der Waals surface area (Å²) in [4.78, 5) is 8.24. The Kier molecular flexibility index (Phi) is 4.01. The fourth-order valence-corrected chi connectivity index (χ4v) is 1.95. The number of rotatable bonds is 7. The molecule has 2 N–H and O–H groups in total. The Morgan fingerprint density at radius 1 is 1.44 bits per heavy atom. The Bertz CT molecular complexity index is 392. The predicted octanol–water partition coefficient (Wildman–Crippen LogP) is 1.84. The van der Waals surface area contributed by atoms with Crippen LogP contribution in [0.25, 0.3) is 0 Å². The highest BCUT2D eigenvalue weighted by Gasteiger charge is 2.41. The highest BCUT2D eigenvalue weighted by molar-refractivity contribution is 5.37. The minimum atomic E-state index is 0.108. The zero-order valence-electron chi connectivity index (χ0n) is 11.0. The maximum atomic E-state index is 9.01. The zero-order chi connectivity index (χ0) is 13.0. The number of hydrogen-bond donors (Lipinski definition) is 2. The number of aliphatic hydroxyl groups is 1. The largest absolute Gasteiger partial charge is 0.475 e. The van der Waals surface area contributed by atoms with Crippen molar-refractivity contribution in [2.45, 2.75) is 39.2 Å². The molecule has 0 saturated heterocycles. The second-order valence-corrected chi connectivity index (χ2v) is 5.24. The van der Waals surface area contributed by atoms with E-state index in [9.17, 15) is 0 Å². The van der Waals surface area contributed by atoms with Gasteiger partial charge in [-0.05, 0) is 38.5 Å². The Balaban J connectivity index is 1.89. The number of hydrogen-bond acceptors (Lipinski definition) is 5. The van der Waals surface area contributed by atoms with Gasteiger partial charge in [-0.15, -0.1) is 0 Å². The van der Waals surface area contributed by atoms with E-state index in [1.54, 1.807) is 0 Å². The van der Waals surface area contributed by atoms with E-state index in [0.717, 1.165) is 18.8 Å². The van der Waals surface area contributed by atoms with Gasteiger partial charge in [-0.2, -0.15) is 0 Å². The maximum absolute atomic E-state index is 9.01. The van der Waals surface area contributed by atoms with E-state index < -0.39 is 0 Å². The quantitative estimate of drug-likeness (QED) is 0.774. The summed E-state index contributed by atoms with van der Waals surface area (Å²) in [6.07, 6.45) is 4.84. The van der Waals surface area contributed by atoms with Crippen LogP contribution in [0.4, 0.5) is 5.82 Å². The molecule has 1 aromatic rings. The van der Waals surface area contributed by atoms with Gasteiger partial charge in [-0.25, -0.2) is 9.97 Å². The van der Waals surface area contributed by atoms with E-state index >= 15 is 0 Å². The Morgan fingerprint density at radius 3 is 2.83 bits per heavy atom. The second kappa shape index (κ2) is 5.52. The van der Waals surface area contributed by atoms with Crippen molar-refractivity contribution in [3.63, 3.8) is 0 Å². The SMILES string of the molecule is CC(C)Oc1cc(NCC2(CCO)CC2)ncn1. The van der Waals surface area contributed by atoms with Crippen molar-refractivity contribution in [1.82, 2.24) is 9.97 Å². The summed E-state index contributed by atoms with van der Waals surface area (Å²) in [6, 6.07) is 1.81. The van der Waals surface area contributed by atoms with Gasteiger partial charge in [0.05, 0.1) is 6.10 Å². The molecule has 1 heterocycles. The van der Waals surface area contributed by atoms with Crippen molar-refractivity contribution >= 4 is 5.82 Å². The van der Waals surface area contributed by atoms with Gasteiger partial charge in [0.2, 0.25) is 5.88 Å². The Labute approximate surface area is 108 Å². The first-order chi connectivity index (χ1) is 8.63. The molecule has 18 heavy (non-hydrogen) atoms. The van der Waals surface area contributed by atoms with E-state index in [-0.39, 0.29) is 18.1 Å². The lowest BCUT2D eigenvalue weighted by Gasteiger charge is -2.15. The summed E-state index contributed by atoms with van der Waals surface area (Å²) in [5.41, 5.74) is 0.277. The minimum Gasteiger partial charge on any atom is -0.475 e. The number of nitrogens with zero attached hydrogens (tertiary/aromatic N) is 2. The number of anilines is 1. The second-order valence-electron chi connectivity index (χ2n) is 5.24. The van der Waals surface area contributed by atoms with Crippen molar-refractivity contribution in [2.75, 3.05) is 18.5 Å². The summed E-state index contributed by atoms with van der Waals surface area (Å²) in [6.45, 7) is 5.05. The van der Waals surface area contributed by atoms with Gasteiger partial charge in [0.1, 0.15) is 12.1 Å². The van der Waals surface area contributed by atoms with E-state index in [0.29, 0.717) is 5.88 Å². The molecule has 0 unspecified atom stereocenters. The standard InChI is InChI=1S/C13H21N3O2/c1-10(2)18-12-7-11(15-9-16-12)14-8-13(3-4-13)5-6-17/h7,9-10,17H,3-6,8H2,1-2H3,(H,14,15,16). The average molecular weight is 251 g/mol. The minimum absolute atomic E-state index is 0.108. The molecule has 5 heteroatoms. The van der Waals surface area contributed by atoms with Crippen LogP contribution in [0.2, 0.25) is 0 Å². The molecule has 0 aromatic carbocycles. The summed E-state index contributed by atoms with van der Waals surface area (Å²) < 4.78 is 5.52. The third-order valence-corrected chi connectivity index (χ3v) is 3.24. The fourth-order valence-electron chi connectivity index (χ4n) is 1.95. The van der Waals surface area contributed by atoms with Gasteiger partial charge >= 0.3 is 0 Å². The van der Waals surface area contributed by atoms with Crippen LogP contribution < -0.4 is 10.1 Å². The predicted molar refractivity (Wildman–Crippen MR) is 69.7 cm³/mol. The molecule has 100 valence electrons. The van der Waals surface area contributed by atoms with Crippen molar-refractivity contribution in [3.8, 4) is 5.88 Å². The summed E-state index contributed by atoms with van der Waals surface area (Å²) in [5, 5.41) is 12.3. The summed E-state index contributed by atoms with van der Waals surface area (Å²) in [5.74, 6) is 1.37. The van der Waals surface area contributed by atoms with E-state index in [1.807, 2.05) is 19.9 Å². The fraction of sp³-hybridized carbons (Fsp3) is 0.692. The molecular formula is C13H21N3O2. The molecule has 0 atom stereocenters. The molecule has 0 aliphatic heterocycles. The van der Waals surface area contributed by atoms with Crippen LogP contribution in [0.15, 0.2) is 12.4 Å². The van der Waals surface area contributed by atoms with E-state index in [4.69, 9.17) is 9.84 Å². The van der Waals surface area contributed by atoms with Crippen LogP contribution >= 0.6 is 0 Å². The molecule has 1 fully saturated rings. The highest BCUT2D eigenvalue weighted by Crippen LogP contribution is 2.48. The lowest BCUT2D eigenvalue weighted by atomic mass is 10.0. The number of aromatic nitrogens is 2. The van der Waals surface area contributed by atoms with Crippen molar-refractivity contribution < 1.29 is 9.84 Å². The van der Waals surface area contributed by atoms with Crippen LogP contribution in [0, 0.1) is 5.41 Å². The van der Waals surface area contributed by atoms with Crippen LogP contribution in [-0.2, 0) is 0 Å². The van der Waals surface area contributed by atoms with Crippen LogP contribution in [0.5, 0.6) is 5.88 Å². The van der Waals surface area contributed by atoms with Crippen molar-refractivity contribution in [1.29, 1.82) is 0 Å². The molecule has 0 amide bonds. The third kappa shape index (κ3) is 3.57. The van der Waals surface area contributed by atoms with Gasteiger partial charge in [0.15, 0.2) is 0 Å². The molecule has 0 bridgehead atoms. The Hall–Kier alpha value is -1.36. The molecule has 1 aliphatic rings. The first-order valence-electron chi connectivity index (χ1n) is 6.47.